The number of likely N-dealkylation sites (tertiary alicyclic amines) is 1. The molecule has 0 radical (unpaired) electrons. The van der Waals surface area contributed by atoms with Gasteiger partial charge in [0, 0.05) is 31.9 Å². The van der Waals surface area contributed by atoms with Crippen molar-refractivity contribution in [3.63, 3.8) is 0 Å². The summed E-state index contributed by atoms with van der Waals surface area (Å²) in [4.78, 5) is 5.06. The molecule has 1 aromatic carbocycles. The molecule has 0 spiro atoms. The molecule has 4 nitrogen and oxygen atoms in total. The highest BCUT2D eigenvalue weighted by molar-refractivity contribution is 5.47. The van der Waals surface area contributed by atoms with Gasteiger partial charge in [0.05, 0.1) is 12.3 Å². The van der Waals surface area contributed by atoms with Crippen LogP contribution in [0.5, 0.6) is 0 Å². The van der Waals surface area contributed by atoms with Crippen LogP contribution in [0.25, 0.3) is 0 Å². The molecule has 4 rings (SSSR count). The van der Waals surface area contributed by atoms with E-state index in [0.29, 0.717) is 6.04 Å². The van der Waals surface area contributed by atoms with E-state index in [-0.39, 0.29) is 0 Å². The molecule has 1 atom stereocenters. The topological polar surface area (TPSA) is 31.7 Å². The summed E-state index contributed by atoms with van der Waals surface area (Å²) in [5, 5.41) is 3.65. The minimum Gasteiger partial charge on any atom is -0.468 e. The zero-order valence-electron chi connectivity index (χ0n) is 15.7. The molecule has 3 heterocycles. The van der Waals surface area contributed by atoms with Gasteiger partial charge >= 0.3 is 0 Å². The maximum absolute atomic E-state index is 5.71. The Morgan fingerprint density at radius 3 is 2.31 bits per heavy atom. The third kappa shape index (κ3) is 4.30. The first-order valence-corrected chi connectivity index (χ1v) is 10.2. The Balaban J connectivity index is 1.31. The molecule has 26 heavy (non-hydrogen) atoms. The molecule has 0 saturated carbocycles. The largest absolute Gasteiger partial charge is 0.468 e. The van der Waals surface area contributed by atoms with Crippen LogP contribution in [0.2, 0.25) is 0 Å². The molecule has 2 fully saturated rings. The average molecular weight is 354 g/mol. The lowest BCUT2D eigenvalue weighted by Gasteiger charge is -2.29. The SMILES string of the molecule is c1coc([C@@H](CNCc2ccc(N3CCCCC3)cc2)N2CCCC2)c1. The summed E-state index contributed by atoms with van der Waals surface area (Å²) < 4.78 is 5.71. The van der Waals surface area contributed by atoms with Crippen molar-refractivity contribution in [3.05, 3.63) is 54.0 Å². The van der Waals surface area contributed by atoms with E-state index >= 15 is 0 Å². The molecule has 2 saturated heterocycles. The number of hydrogen-bond acceptors (Lipinski definition) is 4. The Kier molecular flexibility index (Phi) is 5.92. The van der Waals surface area contributed by atoms with Crippen LogP contribution in [0.15, 0.2) is 47.1 Å². The maximum atomic E-state index is 5.71. The van der Waals surface area contributed by atoms with Gasteiger partial charge in [0.15, 0.2) is 0 Å². The number of nitrogens with zero attached hydrogens (tertiary/aromatic N) is 2. The number of nitrogens with one attached hydrogen (secondary N) is 1. The second kappa shape index (κ2) is 8.74. The molecule has 1 aromatic heterocycles. The monoisotopic (exact) mass is 353 g/mol. The highest BCUT2D eigenvalue weighted by atomic mass is 16.3. The van der Waals surface area contributed by atoms with Crippen LogP contribution in [0.4, 0.5) is 5.69 Å². The molecule has 2 aliphatic rings. The third-order valence-corrected chi connectivity index (χ3v) is 5.78. The van der Waals surface area contributed by atoms with Gasteiger partial charge in [-0.2, -0.15) is 0 Å². The summed E-state index contributed by atoms with van der Waals surface area (Å²) in [6.07, 6.45) is 8.43. The molecule has 0 amide bonds. The van der Waals surface area contributed by atoms with E-state index in [1.807, 2.05) is 6.07 Å². The second-order valence-electron chi connectivity index (χ2n) is 7.62. The first-order chi connectivity index (χ1) is 12.9. The Labute approximate surface area is 157 Å². The van der Waals surface area contributed by atoms with Gasteiger partial charge in [-0.1, -0.05) is 12.1 Å². The Morgan fingerprint density at radius 2 is 1.62 bits per heavy atom. The Morgan fingerprint density at radius 1 is 0.885 bits per heavy atom. The van der Waals surface area contributed by atoms with E-state index in [4.69, 9.17) is 4.42 Å². The summed E-state index contributed by atoms with van der Waals surface area (Å²) in [5.41, 5.74) is 2.73. The van der Waals surface area contributed by atoms with Gasteiger partial charge in [-0.05, 0) is 75.0 Å². The summed E-state index contributed by atoms with van der Waals surface area (Å²) in [6, 6.07) is 13.6. The normalized spacial score (nSPS) is 19.8. The van der Waals surface area contributed by atoms with Gasteiger partial charge < -0.3 is 14.6 Å². The number of piperidine rings is 1. The zero-order chi connectivity index (χ0) is 17.6. The third-order valence-electron chi connectivity index (χ3n) is 5.78. The van der Waals surface area contributed by atoms with E-state index in [1.165, 1.54) is 69.5 Å². The number of benzene rings is 1. The van der Waals surface area contributed by atoms with Crippen LogP contribution in [0.3, 0.4) is 0 Å². The predicted octanol–water partition coefficient (Wildman–Crippen LogP) is 4.20. The molecular formula is C22H31N3O. The van der Waals surface area contributed by atoms with E-state index in [1.54, 1.807) is 6.26 Å². The van der Waals surface area contributed by atoms with Gasteiger partial charge in [0.25, 0.3) is 0 Å². The van der Waals surface area contributed by atoms with Crippen LogP contribution in [-0.4, -0.2) is 37.6 Å². The van der Waals surface area contributed by atoms with Crippen LogP contribution in [0.1, 0.15) is 49.5 Å². The number of rotatable bonds is 7. The molecule has 0 aliphatic carbocycles. The fourth-order valence-corrected chi connectivity index (χ4v) is 4.27. The van der Waals surface area contributed by atoms with Crippen molar-refractivity contribution < 1.29 is 4.42 Å². The van der Waals surface area contributed by atoms with Crippen molar-refractivity contribution in [3.8, 4) is 0 Å². The first kappa shape index (κ1) is 17.6. The lowest BCUT2D eigenvalue weighted by molar-refractivity contribution is 0.209. The predicted molar refractivity (Wildman–Crippen MR) is 106 cm³/mol. The minimum absolute atomic E-state index is 0.347. The van der Waals surface area contributed by atoms with Crippen LogP contribution in [0, 0.1) is 0 Å². The fraction of sp³-hybridized carbons (Fsp3) is 0.545. The molecule has 2 aromatic rings. The standard InChI is InChI=1S/C22H31N3O/c1-2-12-24(13-3-1)20-10-8-19(9-11-20)17-23-18-21(22-7-6-16-26-22)25-14-4-5-15-25/h6-11,16,21,23H,1-5,12-15,17-18H2/t21-/m1/s1. The van der Waals surface area contributed by atoms with E-state index in [2.05, 4.69) is 45.4 Å². The Bertz CT molecular complexity index is 641. The summed E-state index contributed by atoms with van der Waals surface area (Å²) in [6.45, 7) is 6.61. The Hall–Kier alpha value is -1.78. The average Bonchev–Trinajstić information content (AvgIpc) is 3.41. The van der Waals surface area contributed by atoms with E-state index in [9.17, 15) is 0 Å². The zero-order valence-corrected chi connectivity index (χ0v) is 15.7. The smallest absolute Gasteiger partial charge is 0.122 e. The van der Waals surface area contributed by atoms with Crippen LogP contribution < -0.4 is 10.2 Å². The quantitative estimate of drug-likeness (QED) is 0.808. The van der Waals surface area contributed by atoms with E-state index in [0.717, 1.165) is 18.8 Å². The minimum atomic E-state index is 0.347. The lowest BCUT2D eigenvalue weighted by Crippen LogP contribution is -2.33. The fourth-order valence-electron chi connectivity index (χ4n) is 4.27. The van der Waals surface area contributed by atoms with Crippen molar-refractivity contribution in [1.82, 2.24) is 10.2 Å². The van der Waals surface area contributed by atoms with Crippen molar-refractivity contribution >= 4 is 5.69 Å². The van der Waals surface area contributed by atoms with Crippen molar-refractivity contribution in [2.45, 2.75) is 44.7 Å². The highest BCUT2D eigenvalue weighted by Gasteiger charge is 2.25. The van der Waals surface area contributed by atoms with Crippen LogP contribution >= 0.6 is 0 Å². The summed E-state index contributed by atoms with van der Waals surface area (Å²) in [5.74, 6) is 1.08. The van der Waals surface area contributed by atoms with Crippen LogP contribution in [-0.2, 0) is 6.54 Å². The van der Waals surface area contributed by atoms with Gasteiger partial charge in [-0.3, -0.25) is 4.90 Å². The van der Waals surface area contributed by atoms with E-state index < -0.39 is 0 Å². The highest BCUT2D eigenvalue weighted by Crippen LogP contribution is 2.25. The maximum Gasteiger partial charge on any atom is 0.122 e. The second-order valence-corrected chi connectivity index (χ2v) is 7.62. The molecule has 2 aliphatic heterocycles. The van der Waals surface area contributed by atoms with Gasteiger partial charge in [-0.15, -0.1) is 0 Å². The molecular weight excluding hydrogens is 322 g/mol. The molecule has 0 bridgehead atoms. The molecule has 140 valence electrons. The number of furan rings is 1. The number of hydrogen-bond donors (Lipinski definition) is 1. The van der Waals surface area contributed by atoms with Gasteiger partial charge in [0.1, 0.15) is 5.76 Å². The first-order valence-electron chi connectivity index (χ1n) is 10.2. The van der Waals surface area contributed by atoms with Crippen molar-refractivity contribution in [2.24, 2.45) is 0 Å². The van der Waals surface area contributed by atoms with Crippen molar-refractivity contribution in [1.29, 1.82) is 0 Å². The summed E-state index contributed by atoms with van der Waals surface area (Å²) in [7, 11) is 0. The van der Waals surface area contributed by atoms with Gasteiger partial charge in [-0.25, -0.2) is 0 Å². The number of anilines is 1. The summed E-state index contributed by atoms with van der Waals surface area (Å²) >= 11 is 0. The van der Waals surface area contributed by atoms with Crippen molar-refractivity contribution in [2.75, 3.05) is 37.6 Å². The van der Waals surface area contributed by atoms with Gasteiger partial charge in [0.2, 0.25) is 0 Å². The molecule has 4 heteroatoms. The molecule has 0 unspecified atom stereocenters. The molecule has 1 N–H and O–H groups in total. The lowest BCUT2D eigenvalue weighted by atomic mass is 10.1.